The van der Waals surface area contributed by atoms with Crippen LogP contribution in [0.1, 0.15) is 19.4 Å². The fourth-order valence-corrected chi connectivity index (χ4v) is 4.44. The van der Waals surface area contributed by atoms with Crippen LogP contribution < -0.4 is 10.2 Å². The zero-order valence-electron chi connectivity index (χ0n) is 19.6. The number of aromatic nitrogens is 4. The molecule has 34 heavy (non-hydrogen) atoms. The Morgan fingerprint density at radius 2 is 1.62 bits per heavy atom. The van der Waals surface area contributed by atoms with Crippen molar-refractivity contribution in [2.24, 2.45) is 5.92 Å². The number of nitrogens with one attached hydrogen (secondary N) is 1. The highest BCUT2D eigenvalue weighted by Crippen LogP contribution is 2.22. The topological polar surface area (TPSA) is 96.2 Å². The third kappa shape index (κ3) is 5.74. The molecule has 0 saturated carbocycles. The first-order valence-electron chi connectivity index (χ1n) is 11.3. The second-order valence-electron chi connectivity index (χ2n) is 8.56. The molecule has 0 spiro atoms. The van der Waals surface area contributed by atoms with Crippen LogP contribution in [0.2, 0.25) is 0 Å². The van der Waals surface area contributed by atoms with E-state index in [0.717, 1.165) is 48.8 Å². The Morgan fingerprint density at radius 3 is 2.26 bits per heavy atom. The molecule has 2 heterocycles. The molecule has 10 heteroatoms. The highest BCUT2D eigenvalue weighted by Gasteiger charge is 2.23. The smallest absolute Gasteiger partial charge is 0.234 e. The lowest BCUT2D eigenvalue weighted by molar-refractivity contribution is -0.134. The van der Waals surface area contributed by atoms with Gasteiger partial charge in [0.2, 0.25) is 17.0 Å². The molecule has 1 aliphatic heterocycles. The Labute approximate surface area is 203 Å². The molecule has 3 aromatic rings. The van der Waals surface area contributed by atoms with Gasteiger partial charge < -0.3 is 15.1 Å². The zero-order chi connectivity index (χ0) is 24.1. The van der Waals surface area contributed by atoms with Gasteiger partial charge in [-0.2, -0.15) is 4.68 Å². The van der Waals surface area contributed by atoms with Crippen LogP contribution in [0.4, 0.5) is 11.4 Å². The first-order chi connectivity index (χ1) is 16.4. The number of rotatable bonds is 7. The lowest BCUT2D eigenvalue weighted by Gasteiger charge is -2.37. The average molecular weight is 480 g/mol. The number of aryl methyl sites for hydroxylation is 1. The maximum absolute atomic E-state index is 12.5. The number of carbonyl (C=O) groups is 2. The molecule has 1 aliphatic rings. The number of nitrogens with zero attached hydrogens (tertiary/aromatic N) is 6. The minimum absolute atomic E-state index is 0.0304. The quantitative estimate of drug-likeness (QED) is 0.521. The summed E-state index contributed by atoms with van der Waals surface area (Å²) in [5.74, 6) is 0.308. The first-order valence-corrected chi connectivity index (χ1v) is 12.3. The Morgan fingerprint density at radius 1 is 0.971 bits per heavy atom. The number of piperazine rings is 1. The predicted molar refractivity (Wildman–Crippen MR) is 133 cm³/mol. The summed E-state index contributed by atoms with van der Waals surface area (Å²) in [4.78, 5) is 28.9. The van der Waals surface area contributed by atoms with E-state index in [2.05, 4.69) is 25.7 Å². The number of hydrogen-bond acceptors (Lipinski definition) is 7. The van der Waals surface area contributed by atoms with Crippen molar-refractivity contribution in [1.29, 1.82) is 0 Å². The van der Waals surface area contributed by atoms with Crippen LogP contribution >= 0.6 is 11.8 Å². The second-order valence-corrected chi connectivity index (χ2v) is 9.50. The molecule has 9 nitrogen and oxygen atoms in total. The van der Waals surface area contributed by atoms with E-state index in [1.54, 1.807) is 4.68 Å². The van der Waals surface area contributed by atoms with Crippen LogP contribution in [-0.2, 0) is 9.59 Å². The molecule has 1 saturated heterocycles. The first kappa shape index (κ1) is 23.7. The number of hydrogen-bond donors (Lipinski definition) is 1. The summed E-state index contributed by atoms with van der Waals surface area (Å²) in [6.45, 7) is 8.96. The van der Waals surface area contributed by atoms with Crippen LogP contribution in [0.3, 0.4) is 0 Å². The summed E-state index contributed by atoms with van der Waals surface area (Å²) in [7, 11) is 0. The molecule has 0 atom stereocenters. The van der Waals surface area contributed by atoms with Gasteiger partial charge in [-0.05, 0) is 53.7 Å². The van der Waals surface area contributed by atoms with Gasteiger partial charge in [-0.15, -0.1) is 5.10 Å². The van der Waals surface area contributed by atoms with Crippen LogP contribution in [-0.4, -0.2) is 68.9 Å². The van der Waals surface area contributed by atoms with Crippen molar-refractivity contribution in [2.45, 2.75) is 25.9 Å². The van der Waals surface area contributed by atoms with Crippen molar-refractivity contribution >= 4 is 35.0 Å². The summed E-state index contributed by atoms with van der Waals surface area (Å²) >= 11 is 1.28. The highest BCUT2D eigenvalue weighted by atomic mass is 32.2. The number of benzene rings is 2. The SMILES string of the molecule is Cc1ccc(-n2nnnc2SCC(=O)Nc2ccc(N3CCN(C(=O)C(C)C)CC3)cc2)cc1. The van der Waals surface area contributed by atoms with Crippen LogP contribution in [0.25, 0.3) is 5.69 Å². The molecule has 2 amide bonds. The van der Waals surface area contributed by atoms with E-state index in [4.69, 9.17) is 0 Å². The maximum atomic E-state index is 12.5. The minimum atomic E-state index is -0.128. The number of tetrazole rings is 1. The van der Waals surface area contributed by atoms with Crippen molar-refractivity contribution in [3.05, 3.63) is 54.1 Å². The predicted octanol–water partition coefficient (Wildman–Crippen LogP) is 3.01. The monoisotopic (exact) mass is 479 g/mol. The van der Waals surface area contributed by atoms with E-state index in [0.29, 0.717) is 5.16 Å². The number of anilines is 2. The second kappa shape index (κ2) is 10.7. The molecule has 2 aromatic carbocycles. The van der Waals surface area contributed by atoms with E-state index >= 15 is 0 Å². The molecule has 1 N–H and O–H groups in total. The maximum Gasteiger partial charge on any atom is 0.234 e. The summed E-state index contributed by atoms with van der Waals surface area (Å²) in [6.07, 6.45) is 0. The van der Waals surface area contributed by atoms with E-state index in [-0.39, 0.29) is 23.5 Å². The summed E-state index contributed by atoms with van der Waals surface area (Å²) in [5.41, 5.74) is 3.82. The van der Waals surface area contributed by atoms with Gasteiger partial charge in [-0.3, -0.25) is 9.59 Å². The van der Waals surface area contributed by atoms with Crippen LogP contribution in [0, 0.1) is 12.8 Å². The van der Waals surface area contributed by atoms with Crippen molar-refractivity contribution in [3.63, 3.8) is 0 Å². The van der Waals surface area contributed by atoms with Crippen molar-refractivity contribution in [2.75, 3.05) is 42.1 Å². The number of thioether (sulfide) groups is 1. The van der Waals surface area contributed by atoms with E-state index in [1.807, 2.05) is 74.2 Å². The molecule has 0 bridgehead atoms. The summed E-state index contributed by atoms with van der Waals surface area (Å²) in [6, 6.07) is 15.7. The molecule has 0 radical (unpaired) electrons. The minimum Gasteiger partial charge on any atom is -0.368 e. The van der Waals surface area contributed by atoms with E-state index in [1.165, 1.54) is 11.8 Å². The average Bonchev–Trinajstić information content (AvgIpc) is 3.32. The normalized spacial score (nSPS) is 13.9. The third-order valence-electron chi connectivity index (χ3n) is 5.65. The molecular formula is C24H29N7O2S. The Hall–Kier alpha value is -3.40. The largest absolute Gasteiger partial charge is 0.368 e. The molecule has 178 valence electrons. The Balaban J connectivity index is 1.28. The van der Waals surface area contributed by atoms with E-state index in [9.17, 15) is 9.59 Å². The lowest BCUT2D eigenvalue weighted by atomic mass is 10.1. The van der Waals surface area contributed by atoms with Gasteiger partial charge in [0.05, 0.1) is 11.4 Å². The third-order valence-corrected chi connectivity index (χ3v) is 6.57. The fraction of sp³-hybridized carbons (Fsp3) is 0.375. The van der Waals surface area contributed by atoms with Gasteiger partial charge in [0.15, 0.2) is 0 Å². The van der Waals surface area contributed by atoms with Gasteiger partial charge in [-0.1, -0.05) is 43.3 Å². The zero-order valence-corrected chi connectivity index (χ0v) is 20.5. The van der Waals surface area contributed by atoms with Gasteiger partial charge in [0.1, 0.15) is 0 Å². The van der Waals surface area contributed by atoms with Crippen LogP contribution in [0.5, 0.6) is 0 Å². The van der Waals surface area contributed by atoms with Crippen molar-refractivity contribution in [3.8, 4) is 5.69 Å². The molecular weight excluding hydrogens is 450 g/mol. The molecule has 4 rings (SSSR count). The van der Waals surface area contributed by atoms with Crippen LogP contribution in [0.15, 0.2) is 53.7 Å². The number of carbonyl (C=O) groups excluding carboxylic acids is 2. The Kier molecular flexibility index (Phi) is 7.46. The summed E-state index contributed by atoms with van der Waals surface area (Å²) in [5, 5.41) is 15.3. The van der Waals surface area contributed by atoms with Gasteiger partial charge >= 0.3 is 0 Å². The molecule has 0 unspecified atom stereocenters. The standard InChI is InChI=1S/C24H29N7O2S/c1-17(2)23(33)30-14-12-29(13-15-30)20-10-6-19(7-11-20)25-22(32)16-34-24-26-27-28-31(24)21-8-4-18(3)5-9-21/h4-11,17H,12-16H2,1-3H3,(H,25,32). The molecule has 1 aromatic heterocycles. The van der Waals surface area contributed by atoms with E-state index < -0.39 is 0 Å². The fourth-order valence-electron chi connectivity index (χ4n) is 3.75. The van der Waals surface area contributed by atoms with Crippen molar-refractivity contribution in [1.82, 2.24) is 25.1 Å². The van der Waals surface area contributed by atoms with Gasteiger partial charge in [0, 0.05) is 43.5 Å². The summed E-state index contributed by atoms with van der Waals surface area (Å²) < 4.78 is 1.63. The molecule has 0 aliphatic carbocycles. The number of amides is 2. The Bertz CT molecular complexity index is 1120. The highest BCUT2D eigenvalue weighted by molar-refractivity contribution is 7.99. The van der Waals surface area contributed by atoms with Gasteiger partial charge in [0.25, 0.3) is 0 Å². The van der Waals surface area contributed by atoms with Gasteiger partial charge in [-0.25, -0.2) is 0 Å². The lowest BCUT2D eigenvalue weighted by Crippen LogP contribution is -2.49. The van der Waals surface area contributed by atoms with Crippen molar-refractivity contribution < 1.29 is 9.59 Å². The molecule has 1 fully saturated rings.